The van der Waals surface area contributed by atoms with E-state index in [0.29, 0.717) is 0 Å². The lowest BCUT2D eigenvalue weighted by molar-refractivity contribution is 0.544. The van der Waals surface area contributed by atoms with Crippen molar-refractivity contribution in [2.45, 2.75) is 51.6 Å². The summed E-state index contributed by atoms with van der Waals surface area (Å²) in [6, 6.07) is 12.0. The van der Waals surface area contributed by atoms with E-state index in [9.17, 15) is 0 Å². The Hall–Kier alpha value is -0.386. The predicted molar refractivity (Wildman–Crippen MR) is 81.5 cm³/mol. The Morgan fingerprint density at radius 2 is 1.53 bits per heavy atom. The molecule has 0 atom stereocenters. The standard InChI is InChI=1S/C14H26OSi2/c1-16(2,3)15-17(4,5)13-9-12-14-10-7-6-8-11-14/h6-8,10-11H,9,12-13H2,1-5H3. The summed E-state index contributed by atoms with van der Waals surface area (Å²) < 4.78 is 6.34. The highest BCUT2D eigenvalue weighted by Gasteiger charge is 2.28. The van der Waals surface area contributed by atoms with Gasteiger partial charge < -0.3 is 4.12 Å². The highest BCUT2D eigenvalue weighted by atomic mass is 28.4. The molecule has 3 heteroatoms. The lowest BCUT2D eigenvalue weighted by Crippen LogP contribution is -2.42. The average Bonchev–Trinajstić information content (AvgIpc) is 2.15. The summed E-state index contributed by atoms with van der Waals surface area (Å²) in [6.07, 6.45) is 2.44. The monoisotopic (exact) mass is 266 g/mol. The molecule has 0 aliphatic heterocycles. The fourth-order valence-electron chi connectivity index (χ4n) is 2.24. The van der Waals surface area contributed by atoms with E-state index in [2.05, 4.69) is 63.1 Å². The maximum atomic E-state index is 6.34. The van der Waals surface area contributed by atoms with Gasteiger partial charge >= 0.3 is 0 Å². The van der Waals surface area contributed by atoms with E-state index in [1.807, 2.05) is 0 Å². The van der Waals surface area contributed by atoms with Crippen molar-refractivity contribution in [3.05, 3.63) is 35.9 Å². The van der Waals surface area contributed by atoms with Gasteiger partial charge in [-0.2, -0.15) is 0 Å². The molecule has 0 bridgehead atoms. The molecule has 1 aromatic rings. The van der Waals surface area contributed by atoms with Crippen LogP contribution in [0.5, 0.6) is 0 Å². The summed E-state index contributed by atoms with van der Waals surface area (Å²) in [6.45, 7) is 11.6. The van der Waals surface area contributed by atoms with Gasteiger partial charge in [-0.1, -0.05) is 30.3 Å². The third-order valence-corrected chi connectivity index (χ3v) is 8.89. The number of aryl methyl sites for hydroxylation is 1. The molecule has 0 saturated carbocycles. The summed E-state index contributed by atoms with van der Waals surface area (Å²) in [5, 5.41) is 0. The van der Waals surface area contributed by atoms with Crippen LogP contribution >= 0.6 is 0 Å². The van der Waals surface area contributed by atoms with Crippen LogP contribution in [0.1, 0.15) is 12.0 Å². The van der Waals surface area contributed by atoms with E-state index >= 15 is 0 Å². The Labute approximate surface area is 108 Å². The van der Waals surface area contributed by atoms with Crippen molar-refractivity contribution in [2.24, 2.45) is 0 Å². The molecular formula is C14H26OSi2. The smallest absolute Gasteiger partial charge is 0.173 e. The fourth-order valence-corrected chi connectivity index (χ4v) is 10.3. The van der Waals surface area contributed by atoms with Crippen molar-refractivity contribution < 1.29 is 4.12 Å². The van der Waals surface area contributed by atoms with Gasteiger partial charge in [0.2, 0.25) is 0 Å². The van der Waals surface area contributed by atoms with Crippen LogP contribution in [0.4, 0.5) is 0 Å². The Kier molecular flexibility index (Phi) is 5.16. The molecule has 0 unspecified atom stereocenters. The van der Waals surface area contributed by atoms with E-state index in [1.54, 1.807) is 0 Å². The predicted octanol–water partition coefficient (Wildman–Crippen LogP) is 4.68. The Morgan fingerprint density at radius 3 is 2.06 bits per heavy atom. The highest BCUT2D eigenvalue weighted by molar-refractivity contribution is 6.84. The number of rotatable bonds is 6. The summed E-state index contributed by atoms with van der Waals surface area (Å²) in [5.41, 5.74) is 1.45. The normalized spacial score (nSPS) is 12.8. The zero-order valence-electron chi connectivity index (χ0n) is 11.9. The van der Waals surface area contributed by atoms with Gasteiger partial charge in [-0.15, -0.1) is 0 Å². The van der Waals surface area contributed by atoms with Crippen LogP contribution in [0, 0.1) is 0 Å². The van der Waals surface area contributed by atoms with Gasteiger partial charge in [-0.25, -0.2) is 0 Å². The summed E-state index contributed by atoms with van der Waals surface area (Å²) in [7, 11) is -2.79. The van der Waals surface area contributed by atoms with Crippen LogP contribution in [0.25, 0.3) is 0 Å². The van der Waals surface area contributed by atoms with Crippen LogP contribution < -0.4 is 0 Å². The topological polar surface area (TPSA) is 9.23 Å². The number of hydrogen-bond donors (Lipinski definition) is 0. The zero-order valence-corrected chi connectivity index (χ0v) is 13.9. The minimum Gasteiger partial charge on any atom is -0.456 e. The first-order valence-electron chi connectivity index (χ1n) is 6.53. The first-order chi connectivity index (χ1) is 7.79. The van der Waals surface area contributed by atoms with Crippen molar-refractivity contribution >= 4 is 16.6 Å². The van der Waals surface area contributed by atoms with Crippen LogP contribution in [0.2, 0.25) is 38.8 Å². The van der Waals surface area contributed by atoms with E-state index < -0.39 is 16.6 Å². The molecule has 1 rings (SSSR count). The third-order valence-electron chi connectivity index (χ3n) is 2.67. The lowest BCUT2D eigenvalue weighted by Gasteiger charge is -2.31. The van der Waals surface area contributed by atoms with Crippen molar-refractivity contribution in [1.82, 2.24) is 0 Å². The molecule has 0 heterocycles. The summed E-state index contributed by atoms with van der Waals surface area (Å²) in [4.78, 5) is 0. The SMILES string of the molecule is C[Si](C)(C)O[Si](C)(C)CCCc1ccccc1. The highest BCUT2D eigenvalue weighted by Crippen LogP contribution is 2.20. The first kappa shape index (κ1) is 14.7. The van der Waals surface area contributed by atoms with Crippen molar-refractivity contribution in [3.63, 3.8) is 0 Å². The minimum atomic E-state index is -1.43. The second-order valence-corrected chi connectivity index (χ2v) is 15.4. The van der Waals surface area contributed by atoms with Gasteiger partial charge in [0.05, 0.1) is 0 Å². The molecule has 1 aromatic carbocycles. The molecule has 0 N–H and O–H groups in total. The van der Waals surface area contributed by atoms with Gasteiger partial charge in [0.25, 0.3) is 0 Å². The van der Waals surface area contributed by atoms with Gasteiger partial charge in [0, 0.05) is 0 Å². The molecule has 0 radical (unpaired) electrons. The maximum absolute atomic E-state index is 6.34. The summed E-state index contributed by atoms with van der Waals surface area (Å²) in [5.74, 6) is 0. The molecule has 0 aromatic heterocycles. The van der Waals surface area contributed by atoms with Gasteiger partial charge in [-0.05, 0) is 57.2 Å². The quantitative estimate of drug-likeness (QED) is 0.680. The van der Waals surface area contributed by atoms with Crippen molar-refractivity contribution in [2.75, 3.05) is 0 Å². The van der Waals surface area contributed by atoms with Gasteiger partial charge in [0.15, 0.2) is 16.6 Å². The van der Waals surface area contributed by atoms with Gasteiger partial charge in [0.1, 0.15) is 0 Å². The lowest BCUT2D eigenvalue weighted by atomic mass is 10.1. The van der Waals surface area contributed by atoms with Gasteiger partial charge in [-0.3, -0.25) is 0 Å². The van der Waals surface area contributed by atoms with E-state index in [0.717, 1.165) is 0 Å². The Bertz CT molecular complexity index is 328. The van der Waals surface area contributed by atoms with Crippen molar-refractivity contribution in [3.8, 4) is 0 Å². The molecular weight excluding hydrogens is 240 g/mol. The number of hydrogen-bond acceptors (Lipinski definition) is 1. The van der Waals surface area contributed by atoms with Crippen LogP contribution in [0.15, 0.2) is 30.3 Å². The summed E-state index contributed by atoms with van der Waals surface area (Å²) >= 11 is 0. The Morgan fingerprint density at radius 1 is 0.941 bits per heavy atom. The Balaban J connectivity index is 2.35. The molecule has 0 aliphatic rings. The molecule has 1 nitrogen and oxygen atoms in total. The zero-order chi connectivity index (χ0) is 12.9. The van der Waals surface area contributed by atoms with Crippen LogP contribution in [-0.2, 0) is 10.5 Å². The molecule has 0 aliphatic carbocycles. The fraction of sp³-hybridized carbons (Fsp3) is 0.571. The van der Waals surface area contributed by atoms with E-state index in [4.69, 9.17) is 4.12 Å². The first-order valence-corrected chi connectivity index (χ1v) is 13.0. The average molecular weight is 267 g/mol. The van der Waals surface area contributed by atoms with Crippen molar-refractivity contribution in [1.29, 1.82) is 0 Å². The second kappa shape index (κ2) is 5.98. The molecule has 96 valence electrons. The minimum absolute atomic E-state index is 1.19. The molecule has 0 spiro atoms. The largest absolute Gasteiger partial charge is 0.456 e. The molecule has 0 amide bonds. The molecule has 0 fully saturated rings. The molecule has 0 saturated heterocycles. The second-order valence-electron chi connectivity index (χ2n) is 6.31. The molecule has 17 heavy (non-hydrogen) atoms. The number of benzene rings is 1. The van der Waals surface area contributed by atoms with E-state index in [1.165, 1.54) is 24.4 Å². The van der Waals surface area contributed by atoms with Crippen LogP contribution in [-0.4, -0.2) is 16.6 Å². The maximum Gasteiger partial charge on any atom is 0.173 e. The van der Waals surface area contributed by atoms with Crippen LogP contribution in [0.3, 0.4) is 0 Å². The third kappa shape index (κ3) is 6.81. The van der Waals surface area contributed by atoms with E-state index in [-0.39, 0.29) is 0 Å².